The Hall–Kier alpha value is -2.95. The van der Waals surface area contributed by atoms with E-state index in [1.807, 2.05) is 0 Å². The van der Waals surface area contributed by atoms with E-state index >= 15 is 0 Å². The molecular formula is C26H38N8O3. The fourth-order valence-corrected chi connectivity index (χ4v) is 6.02. The third-order valence-corrected chi connectivity index (χ3v) is 8.66. The van der Waals surface area contributed by atoms with Crippen molar-refractivity contribution in [2.24, 2.45) is 17.8 Å². The molecule has 3 aromatic heterocycles. The molecule has 200 valence electrons. The normalized spacial score (nSPS) is 25.8. The molecule has 2 N–H and O–H groups in total. The van der Waals surface area contributed by atoms with Crippen LogP contribution in [0.3, 0.4) is 0 Å². The number of hydrogen-bond acceptors (Lipinski definition) is 9. The Morgan fingerprint density at radius 1 is 1.11 bits per heavy atom. The Balaban J connectivity index is 1.48. The summed E-state index contributed by atoms with van der Waals surface area (Å²) in [5, 5.41) is 7.56. The number of rotatable bonds is 7. The highest BCUT2D eigenvalue weighted by molar-refractivity contribution is 5.87. The number of nitrogens with zero attached hydrogens (tertiary/aromatic N) is 6. The van der Waals surface area contributed by atoms with Crippen LogP contribution in [0.5, 0.6) is 0 Å². The number of nitrogens with one attached hydrogen (secondary N) is 2. The van der Waals surface area contributed by atoms with Gasteiger partial charge in [-0.15, -0.1) is 0 Å². The molecule has 37 heavy (non-hydrogen) atoms. The minimum atomic E-state index is -0.629. The lowest BCUT2D eigenvalue weighted by Gasteiger charge is -2.35. The lowest BCUT2D eigenvalue weighted by molar-refractivity contribution is 0.0976. The number of fused-ring (bicyclic) bond motifs is 1. The van der Waals surface area contributed by atoms with Gasteiger partial charge in [-0.1, -0.05) is 31.3 Å². The molecule has 2 saturated carbocycles. The lowest BCUT2D eigenvalue weighted by atomic mass is 9.80. The molecule has 4 heterocycles. The van der Waals surface area contributed by atoms with Crippen LogP contribution in [0.15, 0.2) is 9.32 Å². The van der Waals surface area contributed by atoms with Crippen LogP contribution < -0.4 is 16.0 Å². The van der Waals surface area contributed by atoms with Crippen molar-refractivity contribution in [1.82, 2.24) is 29.7 Å². The first-order valence-electron chi connectivity index (χ1n) is 13.9. The predicted octanol–water partition coefficient (Wildman–Crippen LogP) is 3.82. The maximum absolute atomic E-state index is 11.7. The van der Waals surface area contributed by atoms with Gasteiger partial charge in [0, 0.05) is 19.1 Å². The number of aromatic nitrogens is 6. The summed E-state index contributed by atoms with van der Waals surface area (Å²) in [5.74, 6) is 3.56. The topological polar surface area (TPSA) is 127 Å². The molecule has 0 aromatic carbocycles. The maximum Gasteiger partial charge on any atom is 0.439 e. The fourth-order valence-electron chi connectivity index (χ4n) is 6.02. The Morgan fingerprint density at radius 3 is 2.59 bits per heavy atom. The zero-order valence-electron chi connectivity index (χ0n) is 22.1. The number of morpholine rings is 1. The molecule has 11 nitrogen and oxygen atoms in total. The van der Waals surface area contributed by atoms with Crippen molar-refractivity contribution in [3.63, 3.8) is 0 Å². The second kappa shape index (κ2) is 10.1. The van der Waals surface area contributed by atoms with Crippen LogP contribution in [0, 0.1) is 17.8 Å². The molecule has 1 saturated heterocycles. The van der Waals surface area contributed by atoms with Crippen molar-refractivity contribution in [3.8, 4) is 11.6 Å². The van der Waals surface area contributed by atoms with Gasteiger partial charge in [-0.2, -0.15) is 4.98 Å². The van der Waals surface area contributed by atoms with Crippen molar-refractivity contribution < 1.29 is 9.26 Å². The largest absolute Gasteiger partial charge is 0.439 e. The summed E-state index contributed by atoms with van der Waals surface area (Å²) in [6, 6.07) is 0.473. The average Bonchev–Trinajstić information content (AvgIpc) is 3.43. The van der Waals surface area contributed by atoms with Gasteiger partial charge in [0.15, 0.2) is 11.5 Å². The molecule has 6 rings (SSSR count). The van der Waals surface area contributed by atoms with Crippen LogP contribution in [-0.4, -0.2) is 61.5 Å². The number of anilines is 2. The highest BCUT2D eigenvalue weighted by Gasteiger charge is 2.31. The molecule has 0 unspecified atom stereocenters. The molecule has 2 atom stereocenters. The maximum atomic E-state index is 11.7. The average molecular weight is 511 g/mol. The van der Waals surface area contributed by atoms with Crippen molar-refractivity contribution in [2.75, 3.05) is 30.0 Å². The molecule has 3 fully saturated rings. The second-order valence-corrected chi connectivity index (χ2v) is 11.4. The zero-order valence-corrected chi connectivity index (χ0v) is 22.1. The quantitative estimate of drug-likeness (QED) is 0.487. The minimum Gasteiger partial charge on any atom is -0.377 e. The molecule has 0 amide bonds. The van der Waals surface area contributed by atoms with Crippen molar-refractivity contribution in [2.45, 2.75) is 84.3 Å². The molecule has 3 aliphatic rings. The van der Waals surface area contributed by atoms with Gasteiger partial charge >= 0.3 is 5.76 Å². The summed E-state index contributed by atoms with van der Waals surface area (Å²) >= 11 is 0. The first-order chi connectivity index (χ1) is 18.0. The monoisotopic (exact) mass is 510 g/mol. The zero-order chi connectivity index (χ0) is 25.5. The van der Waals surface area contributed by atoms with Crippen LogP contribution in [0.4, 0.5) is 11.8 Å². The molecule has 11 heteroatoms. The Labute approximate surface area is 216 Å². The molecule has 0 bridgehead atoms. The summed E-state index contributed by atoms with van der Waals surface area (Å²) in [6.07, 6.45) is 8.70. The smallest absolute Gasteiger partial charge is 0.377 e. The van der Waals surface area contributed by atoms with E-state index in [0.29, 0.717) is 36.5 Å². The van der Waals surface area contributed by atoms with Gasteiger partial charge in [0.05, 0.1) is 19.3 Å². The molecule has 1 aliphatic heterocycles. The SMILES string of the molecule is CC1CCC(Cn2c(N3CCOC[C@H]3C)nc3nc(-c4noc(=O)[nH]4)nc(N[C@H](C)C4CCC4)c32)CC1. The molecule has 0 spiro atoms. The summed E-state index contributed by atoms with van der Waals surface area (Å²) in [5.41, 5.74) is 1.53. The van der Waals surface area contributed by atoms with E-state index in [1.165, 1.54) is 44.9 Å². The summed E-state index contributed by atoms with van der Waals surface area (Å²) in [4.78, 5) is 31.4. The van der Waals surface area contributed by atoms with Gasteiger partial charge in [-0.05, 0) is 57.3 Å². The van der Waals surface area contributed by atoms with Crippen LogP contribution in [0.2, 0.25) is 0 Å². The molecule has 0 radical (unpaired) electrons. The third-order valence-electron chi connectivity index (χ3n) is 8.66. The van der Waals surface area contributed by atoms with Crippen LogP contribution in [0.25, 0.3) is 22.8 Å². The van der Waals surface area contributed by atoms with E-state index in [2.05, 4.69) is 45.7 Å². The number of aromatic amines is 1. The number of imidazole rings is 1. The molecule has 2 aliphatic carbocycles. The van der Waals surface area contributed by atoms with Crippen LogP contribution in [0.1, 0.15) is 65.7 Å². The van der Waals surface area contributed by atoms with Gasteiger partial charge in [0.25, 0.3) is 0 Å². The van der Waals surface area contributed by atoms with Crippen molar-refractivity contribution >= 4 is 22.9 Å². The standard InChI is InChI=1S/C26H38N8O3/c1-15-7-9-18(10-8-15)13-34-20-21(27-17(3)19-5-4-6-19)28-23(24-31-26(35)37-32-24)29-22(20)30-25(34)33-11-12-36-14-16(33)2/h15-19H,4-14H2,1-3H3,(H,27,28,29)(H,31,32,35)/t15?,16-,17-,18?/m1/s1. The highest BCUT2D eigenvalue weighted by Crippen LogP contribution is 2.37. The predicted molar refractivity (Wildman–Crippen MR) is 141 cm³/mol. The summed E-state index contributed by atoms with van der Waals surface area (Å²) < 4.78 is 12.8. The van der Waals surface area contributed by atoms with E-state index in [4.69, 9.17) is 24.2 Å². The number of H-pyrrole nitrogens is 1. The Bertz CT molecular complexity index is 1290. The Kier molecular flexibility index (Phi) is 6.64. The van der Waals surface area contributed by atoms with Gasteiger partial charge in [-0.25, -0.2) is 14.8 Å². The van der Waals surface area contributed by atoms with E-state index in [0.717, 1.165) is 36.3 Å². The lowest BCUT2D eigenvalue weighted by Crippen LogP contribution is -2.45. The fraction of sp³-hybridized carbons (Fsp3) is 0.731. The van der Waals surface area contributed by atoms with Gasteiger partial charge in [0.1, 0.15) is 5.52 Å². The van der Waals surface area contributed by atoms with E-state index in [-0.39, 0.29) is 17.9 Å². The van der Waals surface area contributed by atoms with Gasteiger partial charge < -0.3 is 19.5 Å². The number of hydrogen-bond donors (Lipinski definition) is 2. The summed E-state index contributed by atoms with van der Waals surface area (Å²) in [7, 11) is 0. The second-order valence-electron chi connectivity index (χ2n) is 11.4. The highest BCUT2D eigenvalue weighted by atomic mass is 16.5. The van der Waals surface area contributed by atoms with Gasteiger partial charge in [0.2, 0.25) is 17.6 Å². The third kappa shape index (κ3) is 4.85. The van der Waals surface area contributed by atoms with Gasteiger partial charge in [-0.3, -0.25) is 9.51 Å². The summed E-state index contributed by atoms with van der Waals surface area (Å²) in [6.45, 7) is 9.78. The first kappa shape index (κ1) is 24.4. The van der Waals surface area contributed by atoms with E-state index in [1.54, 1.807) is 0 Å². The molecular weight excluding hydrogens is 472 g/mol. The van der Waals surface area contributed by atoms with E-state index in [9.17, 15) is 4.79 Å². The van der Waals surface area contributed by atoms with Crippen molar-refractivity contribution in [1.29, 1.82) is 0 Å². The van der Waals surface area contributed by atoms with Crippen molar-refractivity contribution in [3.05, 3.63) is 10.6 Å². The Morgan fingerprint density at radius 2 is 1.92 bits per heavy atom. The number of ether oxygens (including phenoxy) is 1. The van der Waals surface area contributed by atoms with E-state index < -0.39 is 5.76 Å². The first-order valence-corrected chi connectivity index (χ1v) is 13.9. The molecule has 3 aromatic rings. The van der Waals surface area contributed by atoms with Crippen LogP contribution >= 0.6 is 0 Å². The minimum absolute atomic E-state index is 0.209. The van der Waals surface area contributed by atoms with Crippen LogP contribution in [-0.2, 0) is 11.3 Å².